The Morgan fingerprint density at radius 1 is 1.00 bits per heavy atom. The smallest absolute Gasteiger partial charge is 0.122 e. The van der Waals surface area contributed by atoms with Crippen LogP contribution in [0.5, 0.6) is 11.5 Å². The van der Waals surface area contributed by atoms with E-state index in [1.807, 2.05) is 0 Å². The van der Waals surface area contributed by atoms with Gasteiger partial charge in [-0.2, -0.15) is 0 Å². The maximum absolute atomic E-state index is 9.61. The molecule has 4 aliphatic rings. The number of methoxy groups -OCH3 is 1. The van der Waals surface area contributed by atoms with Gasteiger partial charge in [-0.05, 0) is 55.6 Å². The molecule has 4 nitrogen and oxygen atoms in total. The fourth-order valence-corrected chi connectivity index (χ4v) is 5.80. The molecule has 2 bridgehead atoms. The van der Waals surface area contributed by atoms with Gasteiger partial charge in [-0.15, -0.1) is 0 Å². The quantitative estimate of drug-likeness (QED) is 0.901. The average molecular weight is 364 g/mol. The lowest BCUT2D eigenvalue weighted by molar-refractivity contribution is -0.00879. The molecule has 142 valence electrons. The van der Waals surface area contributed by atoms with Crippen molar-refractivity contribution in [1.29, 1.82) is 0 Å². The second-order valence-electron chi connectivity index (χ2n) is 8.30. The molecular formula is C23H28N2O2. The summed E-state index contributed by atoms with van der Waals surface area (Å²) in [4.78, 5) is 5.43. The lowest BCUT2D eigenvalue weighted by Gasteiger charge is -2.51. The van der Waals surface area contributed by atoms with Crippen LogP contribution in [0, 0.1) is 5.92 Å². The van der Waals surface area contributed by atoms with Crippen LogP contribution in [-0.2, 0) is 6.54 Å². The highest BCUT2D eigenvalue weighted by Gasteiger charge is 2.53. The first-order valence-corrected chi connectivity index (χ1v) is 10.1. The molecule has 0 saturated carbocycles. The van der Waals surface area contributed by atoms with Crippen molar-refractivity contribution in [1.82, 2.24) is 9.80 Å². The summed E-state index contributed by atoms with van der Waals surface area (Å²) < 4.78 is 5.72. The zero-order chi connectivity index (χ0) is 18.4. The molecule has 4 heteroatoms. The van der Waals surface area contributed by atoms with Gasteiger partial charge in [0.1, 0.15) is 11.5 Å². The molecule has 6 rings (SSSR count). The maximum Gasteiger partial charge on any atom is 0.122 e. The van der Waals surface area contributed by atoms with Crippen LogP contribution in [0.4, 0.5) is 0 Å². The van der Waals surface area contributed by atoms with Crippen molar-refractivity contribution >= 4 is 0 Å². The number of aromatic hydroxyl groups is 1. The third kappa shape index (κ3) is 2.91. The Balaban J connectivity index is 1.49. The summed E-state index contributed by atoms with van der Waals surface area (Å²) in [6.45, 7) is 4.51. The number of ether oxygens (including phenoxy) is 1. The van der Waals surface area contributed by atoms with E-state index in [1.165, 1.54) is 37.1 Å². The van der Waals surface area contributed by atoms with E-state index in [4.69, 9.17) is 4.74 Å². The Morgan fingerprint density at radius 3 is 2.48 bits per heavy atom. The van der Waals surface area contributed by atoms with Crippen molar-refractivity contribution < 1.29 is 9.84 Å². The molecule has 3 atom stereocenters. The molecule has 0 spiro atoms. The Hall–Kier alpha value is -2.04. The van der Waals surface area contributed by atoms with Crippen molar-refractivity contribution in [2.45, 2.75) is 37.4 Å². The van der Waals surface area contributed by atoms with Crippen LogP contribution < -0.4 is 4.74 Å². The van der Waals surface area contributed by atoms with Gasteiger partial charge in [-0.1, -0.05) is 30.3 Å². The fourth-order valence-electron chi connectivity index (χ4n) is 5.80. The van der Waals surface area contributed by atoms with Crippen LogP contribution in [-0.4, -0.2) is 53.7 Å². The SMILES string of the molecule is COc1ccccc1[C@@H]1CN(Cc2ccc(O)cc2)[C@H]2C3CCN(CC3)[C@@H]12. The molecule has 0 amide bonds. The highest BCUT2D eigenvalue weighted by molar-refractivity contribution is 5.39. The molecule has 2 aromatic carbocycles. The van der Waals surface area contributed by atoms with Crippen molar-refractivity contribution in [3.05, 3.63) is 59.7 Å². The number of likely N-dealkylation sites (tertiary alicyclic amines) is 1. The van der Waals surface area contributed by atoms with Gasteiger partial charge in [0.2, 0.25) is 0 Å². The second kappa shape index (κ2) is 6.84. The fraction of sp³-hybridized carbons (Fsp3) is 0.478. The number of hydrogen-bond donors (Lipinski definition) is 1. The zero-order valence-electron chi connectivity index (χ0n) is 15.9. The van der Waals surface area contributed by atoms with Crippen LogP contribution >= 0.6 is 0 Å². The molecule has 4 aliphatic heterocycles. The predicted octanol–water partition coefficient (Wildman–Crippen LogP) is 3.46. The van der Waals surface area contributed by atoms with E-state index in [1.54, 1.807) is 19.2 Å². The van der Waals surface area contributed by atoms with E-state index in [-0.39, 0.29) is 0 Å². The molecule has 0 unspecified atom stereocenters. The molecule has 4 fully saturated rings. The van der Waals surface area contributed by atoms with Crippen LogP contribution in [0.25, 0.3) is 0 Å². The van der Waals surface area contributed by atoms with Crippen LogP contribution in [0.2, 0.25) is 0 Å². The number of nitrogens with zero attached hydrogens (tertiary/aromatic N) is 2. The number of fused-ring (bicyclic) bond motifs is 2. The number of hydrogen-bond acceptors (Lipinski definition) is 4. The number of phenolic OH excluding ortho intramolecular Hbond substituents is 1. The molecule has 2 aromatic rings. The van der Waals surface area contributed by atoms with Crippen LogP contribution in [0.1, 0.15) is 29.9 Å². The van der Waals surface area contributed by atoms with Gasteiger partial charge in [0, 0.05) is 36.7 Å². The molecule has 0 radical (unpaired) electrons. The monoisotopic (exact) mass is 364 g/mol. The van der Waals surface area contributed by atoms with Crippen molar-refractivity contribution in [2.75, 3.05) is 26.7 Å². The highest BCUT2D eigenvalue weighted by atomic mass is 16.5. The number of piperidine rings is 3. The molecule has 0 aromatic heterocycles. The molecule has 4 saturated heterocycles. The molecule has 27 heavy (non-hydrogen) atoms. The lowest BCUT2D eigenvalue weighted by atomic mass is 9.75. The summed E-state index contributed by atoms with van der Waals surface area (Å²) in [7, 11) is 1.78. The number of para-hydroxylation sites is 1. The summed E-state index contributed by atoms with van der Waals surface area (Å²) >= 11 is 0. The van der Waals surface area contributed by atoms with Crippen molar-refractivity contribution in [3.8, 4) is 11.5 Å². The zero-order valence-corrected chi connectivity index (χ0v) is 15.9. The Morgan fingerprint density at radius 2 is 1.74 bits per heavy atom. The van der Waals surface area contributed by atoms with Gasteiger partial charge < -0.3 is 9.84 Å². The van der Waals surface area contributed by atoms with Gasteiger partial charge in [-0.25, -0.2) is 0 Å². The summed E-state index contributed by atoms with van der Waals surface area (Å²) in [5.41, 5.74) is 2.64. The highest BCUT2D eigenvalue weighted by Crippen LogP contribution is 2.48. The molecule has 0 aliphatic carbocycles. The summed E-state index contributed by atoms with van der Waals surface area (Å²) in [5.74, 6) is 2.66. The Bertz CT molecular complexity index is 798. The van der Waals surface area contributed by atoms with Gasteiger partial charge in [-0.3, -0.25) is 9.80 Å². The standard InChI is InChI=1S/C23H28N2O2/c1-27-21-5-3-2-4-19(21)20-15-25(14-16-6-8-18(26)9-7-16)22-17-10-12-24(13-11-17)23(20)22/h2-9,17,20,22-23,26H,10-15H2,1H3/t20-,22-,23-/m0/s1. The van der Waals surface area contributed by atoms with Crippen molar-refractivity contribution in [2.24, 2.45) is 5.92 Å². The minimum atomic E-state index is 0.341. The van der Waals surface area contributed by atoms with Crippen LogP contribution in [0.15, 0.2) is 48.5 Å². The first-order chi connectivity index (χ1) is 13.2. The second-order valence-corrected chi connectivity index (χ2v) is 8.30. The van der Waals surface area contributed by atoms with E-state index in [0.29, 0.717) is 23.8 Å². The topological polar surface area (TPSA) is 35.9 Å². The number of phenols is 1. The van der Waals surface area contributed by atoms with E-state index >= 15 is 0 Å². The van der Waals surface area contributed by atoms with Gasteiger partial charge in [0.05, 0.1) is 7.11 Å². The third-order valence-corrected chi connectivity index (χ3v) is 6.95. The van der Waals surface area contributed by atoms with Gasteiger partial charge >= 0.3 is 0 Å². The number of rotatable bonds is 4. The first kappa shape index (κ1) is 17.1. The first-order valence-electron chi connectivity index (χ1n) is 10.1. The van der Waals surface area contributed by atoms with E-state index in [2.05, 4.69) is 46.2 Å². The summed E-state index contributed by atoms with van der Waals surface area (Å²) in [5, 5.41) is 9.61. The average Bonchev–Trinajstić information content (AvgIpc) is 3.12. The maximum atomic E-state index is 9.61. The minimum Gasteiger partial charge on any atom is -0.508 e. The van der Waals surface area contributed by atoms with Gasteiger partial charge in [0.25, 0.3) is 0 Å². The van der Waals surface area contributed by atoms with E-state index in [9.17, 15) is 5.11 Å². The normalized spacial score (nSPS) is 32.4. The van der Waals surface area contributed by atoms with E-state index in [0.717, 1.165) is 24.8 Å². The molecular weight excluding hydrogens is 336 g/mol. The van der Waals surface area contributed by atoms with Gasteiger partial charge in [0.15, 0.2) is 0 Å². The van der Waals surface area contributed by atoms with Crippen molar-refractivity contribution in [3.63, 3.8) is 0 Å². The Kier molecular flexibility index (Phi) is 4.33. The largest absolute Gasteiger partial charge is 0.508 e. The van der Waals surface area contributed by atoms with E-state index < -0.39 is 0 Å². The summed E-state index contributed by atoms with van der Waals surface area (Å²) in [6, 6.07) is 17.5. The molecule has 4 heterocycles. The summed E-state index contributed by atoms with van der Waals surface area (Å²) in [6.07, 6.45) is 2.65. The lowest BCUT2D eigenvalue weighted by Crippen LogP contribution is -2.59. The Labute approximate surface area is 161 Å². The van der Waals surface area contributed by atoms with Crippen LogP contribution in [0.3, 0.4) is 0 Å². The predicted molar refractivity (Wildman–Crippen MR) is 106 cm³/mol. The number of benzene rings is 2. The third-order valence-electron chi connectivity index (χ3n) is 6.95. The minimum absolute atomic E-state index is 0.341. The molecule has 1 N–H and O–H groups in total.